The number of fused-ring (bicyclic) bond motifs is 1. The number of carbonyl (C=O) groups excluding carboxylic acids is 1. The van der Waals surface area contributed by atoms with Crippen molar-refractivity contribution in [2.45, 2.75) is 13.0 Å². The van der Waals surface area contributed by atoms with Gasteiger partial charge in [0.05, 0.1) is 10.4 Å². The number of amides is 1. The van der Waals surface area contributed by atoms with Gasteiger partial charge in [-0.3, -0.25) is 19.7 Å². The van der Waals surface area contributed by atoms with Gasteiger partial charge in [0.15, 0.2) is 11.9 Å². The molecule has 0 spiro atoms. The molecule has 8 nitrogen and oxygen atoms in total. The molecule has 2 aromatic rings. The minimum Gasteiger partial charge on any atom is -0.475 e. The van der Waals surface area contributed by atoms with Crippen LogP contribution in [-0.4, -0.2) is 28.5 Å². The molecule has 0 aliphatic carbocycles. The van der Waals surface area contributed by atoms with Gasteiger partial charge in [-0.25, -0.2) is 0 Å². The number of likely N-dealkylation sites (N-methyl/N-ethyl adjacent to an activating group) is 1. The van der Waals surface area contributed by atoms with Crippen LogP contribution in [0.1, 0.15) is 6.92 Å². The van der Waals surface area contributed by atoms with Crippen LogP contribution in [0.4, 0.5) is 5.69 Å². The van der Waals surface area contributed by atoms with E-state index in [1.54, 1.807) is 0 Å². The summed E-state index contributed by atoms with van der Waals surface area (Å²) in [6.07, 6.45) is -0.853. The minimum absolute atomic E-state index is 0.0356. The quantitative estimate of drug-likeness (QED) is 0.669. The second-order valence-electron chi connectivity index (χ2n) is 4.75. The molecule has 116 valence electrons. The highest BCUT2D eigenvalue weighted by Gasteiger charge is 2.17. The first-order valence-corrected chi connectivity index (χ1v) is 6.51. The Bertz CT molecular complexity index is 812. The third-order valence-electron chi connectivity index (χ3n) is 3.30. The zero-order valence-electron chi connectivity index (χ0n) is 12.3. The van der Waals surface area contributed by atoms with Crippen molar-refractivity contribution < 1.29 is 14.5 Å². The van der Waals surface area contributed by atoms with Crippen LogP contribution in [0.25, 0.3) is 10.9 Å². The van der Waals surface area contributed by atoms with Crippen molar-refractivity contribution in [1.82, 2.24) is 9.88 Å². The Morgan fingerprint density at radius 2 is 2.09 bits per heavy atom. The van der Waals surface area contributed by atoms with Crippen molar-refractivity contribution in [3.8, 4) is 5.75 Å². The highest BCUT2D eigenvalue weighted by molar-refractivity contribution is 5.83. The fraction of sp³-hybridized carbons (Fsp3) is 0.286. The molecule has 0 bridgehead atoms. The van der Waals surface area contributed by atoms with Gasteiger partial charge in [0, 0.05) is 31.6 Å². The van der Waals surface area contributed by atoms with Gasteiger partial charge in [-0.2, -0.15) is 0 Å². The molecule has 0 saturated heterocycles. The highest BCUT2D eigenvalue weighted by Crippen LogP contribution is 2.22. The van der Waals surface area contributed by atoms with E-state index >= 15 is 0 Å². The lowest BCUT2D eigenvalue weighted by molar-refractivity contribution is -0.384. The minimum atomic E-state index is -0.853. The van der Waals surface area contributed by atoms with Gasteiger partial charge in [0.25, 0.3) is 17.2 Å². The van der Waals surface area contributed by atoms with Crippen LogP contribution in [0.2, 0.25) is 0 Å². The number of aryl methyl sites for hydroxylation is 1. The summed E-state index contributed by atoms with van der Waals surface area (Å²) in [4.78, 5) is 34.0. The van der Waals surface area contributed by atoms with Crippen molar-refractivity contribution in [2.24, 2.45) is 7.05 Å². The topological polar surface area (TPSA) is 103 Å². The fourth-order valence-corrected chi connectivity index (χ4v) is 2.09. The Balaban J connectivity index is 2.55. The van der Waals surface area contributed by atoms with E-state index in [0.717, 1.165) is 0 Å². The maximum absolute atomic E-state index is 12.2. The number of benzene rings is 1. The molecule has 0 unspecified atom stereocenters. The second kappa shape index (κ2) is 5.84. The van der Waals surface area contributed by atoms with Crippen molar-refractivity contribution >= 4 is 22.5 Å². The first kappa shape index (κ1) is 15.5. The predicted octanol–water partition coefficient (Wildman–Crippen LogP) is 0.960. The Labute approximate surface area is 125 Å². The largest absolute Gasteiger partial charge is 0.475 e. The lowest BCUT2D eigenvalue weighted by Gasteiger charge is -2.14. The number of rotatable bonds is 4. The number of aromatic nitrogens is 1. The van der Waals surface area contributed by atoms with Gasteiger partial charge in [-0.15, -0.1) is 0 Å². The highest BCUT2D eigenvalue weighted by atomic mass is 16.6. The maximum atomic E-state index is 12.2. The lowest BCUT2D eigenvalue weighted by atomic mass is 10.2. The van der Waals surface area contributed by atoms with Crippen LogP contribution in [0, 0.1) is 10.1 Å². The normalized spacial score (nSPS) is 12.0. The van der Waals surface area contributed by atoms with Crippen LogP contribution < -0.4 is 15.6 Å². The predicted molar refractivity (Wildman–Crippen MR) is 80.0 cm³/mol. The molecule has 0 aliphatic heterocycles. The zero-order valence-corrected chi connectivity index (χ0v) is 12.3. The number of hydrogen-bond donors (Lipinski definition) is 1. The fourth-order valence-electron chi connectivity index (χ4n) is 2.09. The lowest BCUT2D eigenvalue weighted by Crippen LogP contribution is -2.35. The van der Waals surface area contributed by atoms with Gasteiger partial charge in [0.1, 0.15) is 0 Å². The third kappa shape index (κ3) is 2.76. The number of non-ortho nitro benzene ring substituents is 1. The Morgan fingerprint density at radius 3 is 2.68 bits per heavy atom. The number of nitro benzene ring substituents is 1. The van der Waals surface area contributed by atoms with E-state index in [9.17, 15) is 19.7 Å². The molecular formula is C14H15N3O5. The number of ether oxygens (including phenoxy) is 1. The molecule has 1 heterocycles. The molecule has 0 radical (unpaired) electrons. The molecule has 1 N–H and O–H groups in total. The van der Waals surface area contributed by atoms with Gasteiger partial charge < -0.3 is 14.6 Å². The van der Waals surface area contributed by atoms with Crippen molar-refractivity contribution in [1.29, 1.82) is 0 Å². The molecule has 1 aromatic heterocycles. The molecule has 0 aliphatic rings. The Kier molecular flexibility index (Phi) is 4.11. The van der Waals surface area contributed by atoms with Gasteiger partial charge in [-0.1, -0.05) is 0 Å². The zero-order chi connectivity index (χ0) is 16.4. The van der Waals surface area contributed by atoms with Crippen molar-refractivity contribution in [3.05, 3.63) is 44.7 Å². The average molecular weight is 305 g/mol. The summed E-state index contributed by atoms with van der Waals surface area (Å²) in [5.41, 5.74) is 0.0316. The Morgan fingerprint density at radius 1 is 1.41 bits per heavy atom. The maximum Gasteiger partial charge on any atom is 0.293 e. The molecule has 0 saturated carbocycles. The molecular weight excluding hydrogens is 290 g/mol. The summed E-state index contributed by atoms with van der Waals surface area (Å²) in [6.45, 7) is 1.51. The number of carbonyl (C=O) groups is 1. The first-order valence-electron chi connectivity index (χ1n) is 6.51. The van der Waals surface area contributed by atoms with E-state index in [0.29, 0.717) is 10.9 Å². The molecule has 1 atom stereocenters. The smallest absolute Gasteiger partial charge is 0.293 e. The van der Waals surface area contributed by atoms with Crippen molar-refractivity contribution in [2.75, 3.05) is 7.05 Å². The van der Waals surface area contributed by atoms with E-state index < -0.39 is 16.6 Å². The van der Waals surface area contributed by atoms with E-state index in [1.165, 1.54) is 49.9 Å². The first-order chi connectivity index (χ1) is 10.3. The van der Waals surface area contributed by atoms with Crippen molar-refractivity contribution in [3.63, 3.8) is 0 Å². The Hall–Kier alpha value is -2.90. The van der Waals surface area contributed by atoms with Crippen LogP contribution in [0.3, 0.4) is 0 Å². The summed E-state index contributed by atoms with van der Waals surface area (Å²) < 4.78 is 6.70. The summed E-state index contributed by atoms with van der Waals surface area (Å²) in [7, 11) is 3.00. The number of hydrogen-bond acceptors (Lipinski definition) is 5. The van der Waals surface area contributed by atoms with Crippen LogP contribution in [0.15, 0.2) is 29.1 Å². The molecule has 22 heavy (non-hydrogen) atoms. The molecule has 1 aromatic carbocycles. The van der Waals surface area contributed by atoms with Gasteiger partial charge >= 0.3 is 0 Å². The second-order valence-corrected chi connectivity index (χ2v) is 4.75. The average Bonchev–Trinajstić information content (AvgIpc) is 2.50. The monoisotopic (exact) mass is 305 g/mol. The summed E-state index contributed by atoms with van der Waals surface area (Å²) >= 11 is 0. The van der Waals surface area contributed by atoms with E-state index in [2.05, 4.69) is 5.32 Å². The summed E-state index contributed by atoms with van der Waals surface area (Å²) in [5.74, 6) is -0.409. The SMILES string of the molecule is CNC(=O)[C@@H](C)Oc1cc2cc([N+](=O)[O-])ccc2n(C)c1=O. The third-order valence-corrected chi connectivity index (χ3v) is 3.30. The van der Waals surface area contributed by atoms with E-state index in [-0.39, 0.29) is 17.3 Å². The van der Waals surface area contributed by atoms with Gasteiger partial charge in [0.2, 0.25) is 0 Å². The van der Waals surface area contributed by atoms with Crippen LogP contribution in [0.5, 0.6) is 5.75 Å². The van der Waals surface area contributed by atoms with E-state index in [1.807, 2.05) is 0 Å². The molecule has 1 amide bonds. The van der Waals surface area contributed by atoms with Crippen LogP contribution in [-0.2, 0) is 11.8 Å². The standard InChI is InChI=1S/C14H15N3O5/c1-8(13(18)15-2)22-12-7-9-6-10(17(20)21)4-5-11(9)16(3)14(12)19/h4-8H,1-3H3,(H,15,18)/t8-/m1/s1. The number of nitrogens with one attached hydrogen (secondary N) is 1. The van der Waals surface area contributed by atoms with Crippen LogP contribution >= 0.6 is 0 Å². The van der Waals surface area contributed by atoms with E-state index in [4.69, 9.17) is 4.74 Å². The molecule has 8 heteroatoms. The summed E-state index contributed by atoms with van der Waals surface area (Å²) in [6, 6.07) is 5.59. The number of nitrogens with zero attached hydrogens (tertiary/aromatic N) is 2. The number of pyridine rings is 1. The summed E-state index contributed by atoms with van der Waals surface area (Å²) in [5, 5.41) is 13.7. The molecule has 2 rings (SSSR count). The molecule has 0 fully saturated rings. The van der Waals surface area contributed by atoms with Gasteiger partial charge in [-0.05, 0) is 19.1 Å². The number of nitro groups is 1.